The number of nitrogens with zero attached hydrogens (tertiary/aromatic N) is 2. The summed E-state index contributed by atoms with van der Waals surface area (Å²) in [6.45, 7) is 2.15. The van der Waals surface area contributed by atoms with Crippen LogP contribution in [0.4, 0.5) is 11.5 Å². The molecule has 0 saturated heterocycles. The van der Waals surface area contributed by atoms with Gasteiger partial charge in [-0.05, 0) is 30.8 Å². The summed E-state index contributed by atoms with van der Waals surface area (Å²) in [5, 5.41) is 3.24. The van der Waals surface area contributed by atoms with Crippen LogP contribution < -0.4 is 37.0 Å². The number of benzene rings is 1. The molecule has 1 aliphatic heterocycles. The number of hydrogen-bond donors (Lipinski definition) is 5. The van der Waals surface area contributed by atoms with E-state index in [-0.39, 0.29) is 5.96 Å². The highest BCUT2D eigenvalue weighted by atomic mass is 32.1. The zero-order valence-electron chi connectivity index (χ0n) is 14.2. The lowest BCUT2D eigenvalue weighted by Gasteiger charge is -2.23. The number of ether oxygens (including phenoxy) is 2. The van der Waals surface area contributed by atoms with E-state index in [1.807, 2.05) is 29.0 Å². The second-order valence-electron chi connectivity index (χ2n) is 5.66. The predicted octanol–water partition coefficient (Wildman–Crippen LogP) is -0.457. The Labute approximate surface area is 155 Å². The molecule has 0 fully saturated rings. The Kier molecular flexibility index (Phi) is 5.54. The first-order chi connectivity index (χ1) is 12.6. The molecule has 2 heterocycles. The lowest BCUT2D eigenvalue weighted by atomic mass is 10.2. The molecule has 0 radical (unpaired) electrons. The fourth-order valence-electron chi connectivity index (χ4n) is 2.52. The first-order valence-electron chi connectivity index (χ1n) is 8.22. The summed E-state index contributed by atoms with van der Waals surface area (Å²) in [4.78, 5) is 7.31. The van der Waals surface area contributed by atoms with Gasteiger partial charge in [0.05, 0.1) is 12.7 Å². The van der Waals surface area contributed by atoms with Crippen LogP contribution >= 0.6 is 12.2 Å². The van der Waals surface area contributed by atoms with E-state index < -0.39 is 0 Å². The van der Waals surface area contributed by atoms with Gasteiger partial charge in [-0.3, -0.25) is 16.5 Å². The van der Waals surface area contributed by atoms with Crippen LogP contribution in [0.3, 0.4) is 0 Å². The zero-order valence-corrected chi connectivity index (χ0v) is 15.0. The fraction of sp³-hybridized carbons (Fsp3) is 0.312. The van der Waals surface area contributed by atoms with Crippen LogP contribution in [0.1, 0.15) is 6.42 Å². The largest absolute Gasteiger partial charge is 0.490 e. The molecule has 8 N–H and O–H groups in total. The summed E-state index contributed by atoms with van der Waals surface area (Å²) in [6, 6.07) is 5.57. The van der Waals surface area contributed by atoms with Crippen molar-refractivity contribution in [1.82, 2.24) is 9.55 Å². The Morgan fingerprint density at radius 2 is 2.19 bits per heavy atom. The molecule has 10 heteroatoms. The van der Waals surface area contributed by atoms with E-state index in [0.29, 0.717) is 59.8 Å². The van der Waals surface area contributed by atoms with Crippen LogP contribution in [0.15, 0.2) is 24.4 Å². The van der Waals surface area contributed by atoms with Crippen molar-refractivity contribution in [2.75, 3.05) is 25.0 Å². The number of nitrogens with two attached hydrogens (primary N) is 3. The van der Waals surface area contributed by atoms with Crippen LogP contribution in [-0.2, 0) is 6.54 Å². The smallest absolute Gasteiger partial charge is 0.338 e. The zero-order chi connectivity index (χ0) is 18.5. The van der Waals surface area contributed by atoms with Gasteiger partial charge in [-0.2, -0.15) is 4.98 Å². The first kappa shape index (κ1) is 18.0. The average Bonchev–Trinajstić information content (AvgIpc) is 2.62. The number of para-hydroxylation sites is 1. The molecule has 0 spiro atoms. The highest BCUT2D eigenvalue weighted by Gasteiger charge is 2.22. The maximum atomic E-state index is 5.98. The molecule has 9 nitrogen and oxygen atoms in total. The van der Waals surface area contributed by atoms with E-state index in [1.165, 1.54) is 0 Å². The SMILES string of the molecule is NCCOc1cccc2c1Nc1nc(=S)n(CCC[NH+]=C(N)N)cc1O2. The van der Waals surface area contributed by atoms with Gasteiger partial charge in [-0.1, -0.05) is 6.07 Å². The van der Waals surface area contributed by atoms with Gasteiger partial charge >= 0.3 is 5.96 Å². The Morgan fingerprint density at radius 1 is 1.35 bits per heavy atom. The number of aryl methyl sites for hydroxylation is 1. The van der Waals surface area contributed by atoms with Gasteiger partial charge in [0.15, 0.2) is 17.3 Å². The Bertz CT molecular complexity index is 877. The van der Waals surface area contributed by atoms with Crippen molar-refractivity contribution in [1.29, 1.82) is 0 Å². The number of anilines is 2. The van der Waals surface area contributed by atoms with E-state index in [0.717, 1.165) is 6.42 Å². The molecule has 0 atom stereocenters. The van der Waals surface area contributed by atoms with Crippen molar-refractivity contribution in [2.24, 2.45) is 17.2 Å². The molecule has 3 rings (SSSR count). The van der Waals surface area contributed by atoms with Crippen molar-refractivity contribution in [3.8, 4) is 17.2 Å². The lowest BCUT2D eigenvalue weighted by molar-refractivity contribution is -0.459. The number of rotatable bonds is 7. The lowest BCUT2D eigenvalue weighted by Crippen LogP contribution is -2.78. The first-order valence-corrected chi connectivity index (χ1v) is 8.63. The van der Waals surface area contributed by atoms with Crippen LogP contribution in [0.5, 0.6) is 17.2 Å². The van der Waals surface area contributed by atoms with Gasteiger partial charge in [0.25, 0.3) is 0 Å². The van der Waals surface area contributed by atoms with Gasteiger partial charge in [0.1, 0.15) is 18.0 Å². The number of aromatic nitrogens is 2. The minimum Gasteiger partial charge on any atom is -0.490 e. The molecule has 0 aliphatic carbocycles. The summed E-state index contributed by atoms with van der Waals surface area (Å²) in [7, 11) is 0. The molecule has 138 valence electrons. The number of nitrogens with one attached hydrogen (secondary N) is 2. The van der Waals surface area contributed by atoms with Gasteiger partial charge in [0, 0.05) is 13.1 Å². The van der Waals surface area contributed by atoms with Crippen molar-refractivity contribution in [3.63, 3.8) is 0 Å². The second kappa shape index (κ2) is 8.02. The van der Waals surface area contributed by atoms with E-state index in [9.17, 15) is 0 Å². The Hall–Kier alpha value is -2.85. The normalized spacial score (nSPS) is 11.6. The van der Waals surface area contributed by atoms with Crippen molar-refractivity contribution < 1.29 is 14.5 Å². The highest BCUT2D eigenvalue weighted by molar-refractivity contribution is 7.71. The van der Waals surface area contributed by atoms with Crippen LogP contribution in [0.2, 0.25) is 0 Å². The third-order valence-electron chi connectivity index (χ3n) is 3.69. The molecular weight excluding hydrogens is 354 g/mol. The second-order valence-corrected chi connectivity index (χ2v) is 6.02. The van der Waals surface area contributed by atoms with Gasteiger partial charge < -0.3 is 25.1 Å². The Morgan fingerprint density at radius 3 is 2.96 bits per heavy atom. The van der Waals surface area contributed by atoms with E-state index in [2.05, 4.69) is 15.3 Å². The molecule has 1 aromatic heterocycles. The molecule has 1 aliphatic rings. The quantitative estimate of drug-likeness (QED) is 0.162. The van der Waals surface area contributed by atoms with Crippen LogP contribution in [-0.4, -0.2) is 35.2 Å². The molecule has 0 amide bonds. The summed E-state index contributed by atoms with van der Waals surface area (Å²) >= 11 is 5.37. The predicted molar refractivity (Wildman–Crippen MR) is 101 cm³/mol. The molecule has 1 aromatic carbocycles. The summed E-state index contributed by atoms with van der Waals surface area (Å²) < 4.78 is 13.9. The summed E-state index contributed by atoms with van der Waals surface area (Å²) in [5.41, 5.74) is 17.0. The highest BCUT2D eigenvalue weighted by Crippen LogP contribution is 2.45. The minimum absolute atomic E-state index is 0.203. The monoisotopic (exact) mass is 376 g/mol. The van der Waals surface area contributed by atoms with Gasteiger partial charge in [-0.15, -0.1) is 0 Å². The average molecular weight is 376 g/mol. The molecular formula is C16H22N7O2S+. The van der Waals surface area contributed by atoms with E-state index in [4.69, 9.17) is 38.9 Å². The third-order valence-corrected chi connectivity index (χ3v) is 4.02. The third kappa shape index (κ3) is 4.03. The number of hydrogen-bond acceptors (Lipinski definition) is 6. The maximum Gasteiger partial charge on any atom is 0.338 e. The number of guanidine groups is 1. The van der Waals surface area contributed by atoms with Crippen molar-refractivity contribution >= 4 is 29.7 Å². The summed E-state index contributed by atoms with van der Waals surface area (Å²) in [5.74, 6) is 2.67. The minimum atomic E-state index is 0.203. The fourth-order valence-corrected chi connectivity index (χ4v) is 2.76. The van der Waals surface area contributed by atoms with Gasteiger partial charge in [-0.25, -0.2) is 0 Å². The van der Waals surface area contributed by atoms with Crippen molar-refractivity contribution in [3.05, 3.63) is 29.2 Å². The van der Waals surface area contributed by atoms with E-state index >= 15 is 0 Å². The summed E-state index contributed by atoms with van der Waals surface area (Å²) in [6.07, 6.45) is 2.62. The molecule has 26 heavy (non-hydrogen) atoms. The molecule has 2 aromatic rings. The van der Waals surface area contributed by atoms with Crippen molar-refractivity contribution in [2.45, 2.75) is 13.0 Å². The Balaban J connectivity index is 1.80. The van der Waals surface area contributed by atoms with E-state index in [1.54, 1.807) is 0 Å². The van der Waals surface area contributed by atoms with Gasteiger partial charge in [0.2, 0.25) is 4.77 Å². The van der Waals surface area contributed by atoms with Crippen LogP contribution in [0, 0.1) is 4.77 Å². The maximum absolute atomic E-state index is 5.98. The number of fused-ring (bicyclic) bond motifs is 2. The van der Waals surface area contributed by atoms with Crippen LogP contribution in [0.25, 0.3) is 0 Å². The standard InChI is InChI=1S/C16H21N7O2S/c17-5-8-24-10-3-1-4-11-13(10)21-14-12(25-11)9-23(16(26)22-14)7-2-6-20-15(18)19/h1,3-4,9H,2,5-8,17H2,(H4,18,19,20)(H,21,22,26)/p+1. The molecule has 0 bridgehead atoms. The molecule has 0 unspecified atom stereocenters. The topological polar surface area (TPSA) is 140 Å². The molecule has 0 saturated carbocycles.